The number of benzene rings is 2. The van der Waals surface area contributed by atoms with E-state index < -0.39 is 28.3 Å². The Morgan fingerprint density at radius 3 is 2.29 bits per heavy atom. The summed E-state index contributed by atoms with van der Waals surface area (Å²) < 4.78 is 52.4. The minimum absolute atomic E-state index is 0.00441. The van der Waals surface area contributed by atoms with Gasteiger partial charge >= 0.3 is 0 Å². The van der Waals surface area contributed by atoms with E-state index in [-0.39, 0.29) is 27.4 Å². The number of hydrogen-bond acceptors (Lipinski definition) is 5. The lowest BCUT2D eigenvalue weighted by atomic mass is 9.97. The molecule has 1 saturated carbocycles. The second kappa shape index (κ2) is 11.8. The van der Waals surface area contributed by atoms with Crippen molar-refractivity contribution in [2.45, 2.75) is 55.9 Å². The lowest BCUT2D eigenvalue weighted by Gasteiger charge is -2.27. The Kier molecular flexibility index (Phi) is 9.02. The maximum Gasteiger partial charge on any atom is 0.264 e. The Bertz CT molecular complexity index is 1100. The number of halogens is 2. The van der Waals surface area contributed by atoms with Crippen molar-refractivity contribution in [1.82, 2.24) is 5.32 Å². The van der Waals surface area contributed by atoms with Gasteiger partial charge in [0.25, 0.3) is 10.0 Å². The van der Waals surface area contributed by atoms with Crippen LogP contribution >= 0.6 is 11.6 Å². The van der Waals surface area contributed by atoms with Gasteiger partial charge in [0.2, 0.25) is 5.91 Å². The lowest BCUT2D eigenvalue weighted by molar-refractivity contribution is -0.120. The van der Waals surface area contributed by atoms with Crippen LogP contribution in [0.4, 0.5) is 10.1 Å². The van der Waals surface area contributed by atoms with Crippen molar-refractivity contribution in [3.05, 3.63) is 47.2 Å². The topological polar surface area (TPSA) is 84.9 Å². The largest absolute Gasteiger partial charge is 0.493 e. The average Bonchev–Trinajstić information content (AvgIpc) is 2.80. The molecule has 10 heteroatoms. The molecule has 0 bridgehead atoms. The Labute approximate surface area is 205 Å². The molecule has 7 nitrogen and oxygen atoms in total. The molecule has 1 aliphatic carbocycles. The fourth-order valence-corrected chi connectivity index (χ4v) is 5.67. The van der Waals surface area contributed by atoms with Crippen molar-refractivity contribution in [3.8, 4) is 11.5 Å². The van der Waals surface area contributed by atoms with E-state index in [0.717, 1.165) is 48.9 Å². The van der Waals surface area contributed by atoms with E-state index in [1.54, 1.807) is 0 Å². The Balaban J connectivity index is 1.93. The van der Waals surface area contributed by atoms with Crippen molar-refractivity contribution in [1.29, 1.82) is 0 Å². The monoisotopic (exact) mass is 512 g/mol. The van der Waals surface area contributed by atoms with Gasteiger partial charge in [-0.25, -0.2) is 12.8 Å². The molecular formula is C24H30ClFN2O5S. The van der Waals surface area contributed by atoms with Crippen LogP contribution in [0.1, 0.15) is 44.9 Å². The number of carbonyl (C=O) groups is 1. The van der Waals surface area contributed by atoms with Gasteiger partial charge in [-0.1, -0.05) is 43.7 Å². The smallest absolute Gasteiger partial charge is 0.264 e. The Hall–Kier alpha value is -2.52. The van der Waals surface area contributed by atoms with Crippen LogP contribution < -0.4 is 19.1 Å². The zero-order valence-electron chi connectivity index (χ0n) is 19.4. The molecule has 1 aliphatic rings. The molecule has 186 valence electrons. The summed E-state index contributed by atoms with van der Waals surface area (Å²) in [6, 6.07) is 7.69. The highest BCUT2D eigenvalue weighted by molar-refractivity contribution is 7.92. The van der Waals surface area contributed by atoms with Gasteiger partial charge < -0.3 is 14.8 Å². The number of anilines is 1. The van der Waals surface area contributed by atoms with Crippen molar-refractivity contribution < 1.29 is 27.1 Å². The zero-order valence-corrected chi connectivity index (χ0v) is 20.9. The maximum atomic E-state index is 13.8. The highest BCUT2D eigenvalue weighted by atomic mass is 35.5. The molecule has 0 saturated heterocycles. The fourth-order valence-electron chi connectivity index (χ4n) is 4.06. The summed E-state index contributed by atoms with van der Waals surface area (Å²) in [6.07, 6.45) is 7.20. The van der Waals surface area contributed by atoms with Crippen LogP contribution in [0, 0.1) is 5.82 Å². The first-order chi connectivity index (χ1) is 16.3. The summed E-state index contributed by atoms with van der Waals surface area (Å²) in [7, 11) is -1.39. The first-order valence-electron chi connectivity index (χ1n) is 11.3. The highest BCUT2D eigenvalue weighted by Crippen LogP contribution is 2.33. The van der Waals surface area contributed by atoms with Gasteiger partial charge in [0.05, 0.1) is 29.8 Å². The third kappa shape index (κ3) is 6.33. The van der Waals surface area contributed by atoms with E-state index in [2.05, 4.69) is 5.32 Å². The molecule has 0 spiro atoms. The third-order valence-corrected chi connectivity index (χ3v) is 7.95. The van der Waals surface area contributed by atoms with Gasteiger partial charge in [-0.3, -0.25) is 9.10 Å². The van der Waals surface area contributed by atoms with Crippen LogP contribution in [0.5, 0.6) is 11.5 Å². The predicted octanol–water partition coefficient (Wildman–Crippen LogP) is 4.92. The van der Waals surface area contributed by atoms with Gasteiger partial charge in [-0.05, 0) is 43.2 Å². The number of nitrogens with zero attached hydrogens (tertiary/aromatic N) is 1. The molecule has 0 heterocycles. The van der Waals surface area contributed by atoms with Crippen LogP contribution in [0.25, 0.3) is 0 Å². The van der Waals surface area contributed by atoms with Crippen molar-refractivity contribution in [2.75, 3.05) is 25.1 Å². The molecule has 0 aliphatic heterocycles. The van der Waals surface area contributed by atoms with Crippen molar-refractivity contribution in [2.24, 2.45) is 0 Å². The van der Waals surface area contributed by atoms with E-state index in [4.69, 9.17) is 21.1 Å². The summed E-state index contributed by atoms with van der Waals surface area (Å²) in [4.78, 5) is 12.9. The fraction of sp³-hybridized carbons (Fsp3) is 0.458. The van der Waals surface area contributed by atoms with Crippen LogP contribution in [0.15, 0.2) is 41.3 Å². The van der Waals surface area contributed by atoms with Crippen LogP contribution in [-0.4, -0.2) is 41.1 Å². The summed E-state index contributed by atoms with van der Waals surface area (Å²) in [5, 5.41) is 2.74. The van der Waals surface area contributed by atoms with Gasteiger partial charge in [-0.2, -0.15) is 0 Å². The van der Waals surface area contributed by atoms with Crippen molar-refractivity contribution in [3.63, 3.8) is 0 Å². The van der Waals surface area contributed by atoms with Gasteiger partial charge in [0.1, 0.15) is 12.4 Å². The Morgan fingerprint density at radius 2 is 1.68 bits per heavy atom. The standard InChI is InChI=1S/C24H30ClFN2O5S/c1-32-22-13-11-19(15-23(22)33-2)34(30,31)28(18-10-12-21(26)20(25)14-18)16-24(29)27-17-8-6-4-3-5-7-9-17/h10-15,17H,3-9,16H2,1-2H3,(H,27,29). The molecule has 0 unspecified atom stereocenters. The van der Waals surface area contributed by atoms with Gasteiger partial charge in [0.15, 0.2) is 11.5 Å². The first-order valence-corrected chi connectivity index (χ1v) is 13.1. The highest BCUT2D eigenvalue weighted by Gasteiger charge is 2.29. The minimum atomic E-state index is -4.23. The van der Waals surface area contributed by atoms with E-state index in [1.165, 1.54) is 51.0 Å². The summed E-state index contributed by atoms with van der Waals surface area (Å²) in [5.41, 5.74) is 0.0778. The van der Waals surface area contributed by atoms with E-state index in [9.17, 15) is 17.6 Å². The molecule has 2 aromatic rings. The molecular weight excluding hydrogens is 483 g/mol. The number of methoxy groups -OCH3 is 2. The lowest BCUT2D eigenvalue weighted by Crippen LogP contribution is -2.44. The molecule has 1 N–H and O–H groups in total. The van der Waals surface area contributed by atoms with Crippen LogP contribution in [-0.2, 0) is 14.8 Å². The summed E-state index contributed by atoms with van der Waals surface area (Å²) >= 11 is 5.93. The quantitative estimate of drug-likeness (QED) is 0.542. The molecule has 0 atom stereocenters. The number of ether oxygens (including phenoxy) is 2. The predicted molar refractivity (Wildman–Crippen MR) is 130 cm³/mol. The minimum Gasteiger partial charge on any atom is -0.493 e. The number of sulfonamides is 1. The summed E-state index contributed by atoms with van der Waals surface area (Å²) in [5.74, 6) is -0.539. The first kappa shape index (κ1) is 26.1. The molecule has 1 amide bonds. The Morgan fingerprint density at radius 1 is 1.03 bits per heavy atom. The van der Waals surface area contributed by atoms with E-state index >= 15 is 0 Å². The molecule has 3 rings (SSSR count). The number of amides is 1. The molecule has 0 radical (unpaired) electrons. The molecule has 1 fully saturated rings. The second-order valence-corrected chi connectivity index (χ2v) is 10.5. The van der Waals surface area contributed by atoms with Crippen molar-refractivity contribution >= 4 is 33.2 Å². The SMILES string of the molecule is COc1ccc(S(=O)(=O)N(CC(=O)NC2CCCCCCC2)c2ccc(F)c(Cl)c2)cc1OC. The zero-order chi connectivity index (χ0) is 24.7. The van der Waals surface area contributed by atoms with Gasteiger partial charge in [0, 0.05) is 12.1 Å². The molecule has 0 aromatic heterocycles. The number of rotatable bonds is 8. The van der Waals surface area contributed by atoms with E-state index in [1.807, 2.05) is 0 Å². The van der Waals surface area contributed by atoms with Crippen LogP contribution in [0.2, 0.25) is 5.02 Å². The van der Waals surface area contributed by atoms with Crippen LogP contribution in [0.3, 0.4) is 0 Å². The summed E-state index contributed by atoms with van der Waals surface area (Å²) in [6.45, 7) is -0.477. The number of nitrogens with one attached hydrogen (secondary N) is 1. The number of hydrogen-bond donors (Lipinski definition) is 1. The average molecular weight is 513 g/mol. The second-order valence-electron chi connectivity index (χ2n) is 8.24. The number of carbonyl (C=O) groups excluding carboxylic acids is 1. The molecule has 34 heavy (non-hydrogen) atoms. The normalized spacial score (nSPS) is 15.2. The van der Waals surface area contributed by atoms with Gasteiger partial charge in [-0.15, -0.1) is 0 Å². The van der Waals surface area contributed by atoms with E-state index in [0.29, 0.717) is 5.75 Å². The maximum absolute atomic E-state index is 13.8. The molecule has 2 aromatic carbocycles. The third-order valence-electron chi connectivity index (χ3n) is 5.89.